The molecule has 0 bridgehead atoms. The Bertz CT molecular complexity index is 668. The van der Waals surface area contributed by atoms with Crippen LogP contribution in [0.5, 0.6) is 11.5 Å². The SMILES string of the molecule is COc1ccc(OC)c2c(N(C)C)c(C(=O)O)cnc12. The van der Waals surface area contributed by atoms with Crippen LogP contribution < -0.4 is 14.4 Å². The second-order valence-corrected chi connectivity index (χ2v) is 4.41. The highest BCUT2D eigenvalue weighted by Gasteiger charge is 2.21. The van der Waals surface area contributed by atoms with Crippen LogP contribution in [0.25, 0.3) is 10.9 Å². The molecule has 0 radical (unpaired) electrons. The van der Waals surface area contributed by atoms with Gasteiger partial charge >= 0.3 is 5.97 Å². The van der Waals surface area contributed by atoms with Gasteiger partial charge in [0.15, 0.2) is 0 Å². The van der Waals surface area contributed by atoms with Crippen LogP contribution >= 0.6 is 0 Å². The molecule has 0 spiro atoms. The molecule has 1 aromatic heterocycles. The number of carboxylic acids is 1. The average Bonchev–Trinajstić information content (AvgIpc) is 2.44. The van der Waals surface area contributed by atoms with Crippen LogP contribution in [-0.4, -0.2) is 44.4 Å². The molecule has 0 fully saturated rings. The molecule has 0 aliphatic heterocycles. The van der Waals surface area contributed by atoms with Crippen molar-refractivity contribution in [3.8, 4) is 11.5 Å². The zero-order valence-corrected chi connectivity index (χ0v) is 11.8. The van der Waals surface area contributed by atoms with E-state index in [0.29, 0.717) is 28.1 Å². The van der Waals surface area contributed by atoms with Gasteiger partial charge in [-0.2, -0.15) is 0 Å². The highest BCUT2D eigenvalue weighted by atomic mass is 16.5. The van der Waals surface area contributed by atoms with E-state index in [0.717, 1.165) is 0 Å². The molecule has 0 atom stereocenters. The highest BCUT2D eigenvalue weighted by molar-refractivity contribution is 6.08. The number of benzene rings is 1. The molecule has 1 heterocycles. The fourth-order valence-electron chi connectivity index (χ4n) is 2.19. The first-order chi connectivity index (χ1) is 9.51. The summed E-state index contributed by atoms with van der Waals surface area (Å²) < 4.78 is 10.6. The average molecular weight is 276 g/mol. The number of aromatic nitrogens is 1. The second-order valence-electron chi connectivity index (χ2n) is 4.41. The maximum absolute atomic E-state index is 11.4. The van der Waals surface area contributed by atoms with Crippen molar-refractivity contribution in [1.29, 1.82) is 0 Å². The molecule has 0 aliphatic rings. The lowest BCUT2D eigenvalue weighted by Crippen LogP contribution is -2.15. The summed E-state index contributed by atoms with van der Waals surface area (Å²) >= 11 is 0. The number of fused-ring (bicyclic) bond motifs is 1. The molecule has 2 rings (SSSR count). The maximum Gasteiger partial charge on any atom is 0.339 e. The molecule has 0 unspecified atom stereocenters. The third-order valence-electron chi connectivity index (χ3n) is 3.03. The van der Waals surface area contributed by atoms with E-state index in [2.05, 4.69) is 4.98 Å². The van der Waals surface area contributed by atoms with Gasteiger partial charge in [-0.25, -0.2) is 4.79 Å². The quantitative estimate of drug-likeness (QED) is 0.921. The molecular weight excluding hydrogens is 260 g/mol. The monoisotopic (exact) mass is 276 g/mol. The van der Waals surface area contributed by atoms with E-state index in [9.17, 15) is 9.90 Å². The third kappa shape index (κ3) is 2.09. The van der Waals surface area contributed by atoms with Gasteiger partial charge in [-0.3, -0.25) is 4.98 Å². The Morgan fingerprint density at radius 1 is 1.20 bits per heavy atom. The van der Waals surface area contributed by atoms with Crippen molar-refractivity contribution in [3.63, 3.8) is 0 Å². The number of hydrogen-bond donors (Lipinski definition) is 1. The molecule has 1 N–H and O–H groups in total. The van der Waals surface area contributed by atoms with Crippen LogP contribution in [0.4, 0.5) is 5.69 Å². The Morgan fingerprint density at radius 3 is 2.30 bits per heavy atom. The first-order valence-corrected chi connectivity index (χ1v) is 5.95. The lowest BCUT2D eigenvalue weighted by molar-refractivity contribution is 0.0697. The van der Waals surface area contributed by atoms with Gasteiger partial charge < -0.3 is 19.5 Å². The Morgan fingerprint density at radius 2 is 1.80 bits per heavy atom. The summed E-state index contributed by atoms with van der Waals surface area (Å²) in [6.07, 6.45) is 1.34. The van der Waals surface area contributed by atoms with Crippen molar-refractivity contribution in [3.05, 3.63) is 23.9 Å². The summed E-state index contributed by atoms with van der Waals surface area (Å²) in [4.78, 5) is 17.3. The number of rotatable bonds is 4. The zero-order chi connectivity index (χ0) is 14.9. The number of carboxylic acid groups (broad SMARTS) is 1. The number of hydrogen-bond acceptors (Lipinski definition) is 5. The minimum Gasteiger partial charge on any atom is -0.496 e. The first kappa shape index (κ1) is 13.9. The largest absolute Gasteiger partial charge is 0.496 e. The topological polar surface area (TPSA) is 71.9 Å². The third-order valence-corrected chi connectivity index (χ3v) is 3.03. The van der Waals surface area contributed by atoms with E-state index < -0.39 is 5.97 Å². The molecule has 1 aromatic carbocycles. The van der Waals surface area contributed by atoms with Gasteiger partial charge in [-0.05, 0) is 12.1 Å². The minimum atomic E-state index is -1.03. The molecule has 106 valence electrons. The van der Waals surface area contributed by atoms with E-state index in [1.54, 1.807) is 38.2 Å². The van der Waals surface area contributed by atoms with E-state index in [1.807, 2.05) is 0 Å². The Kier molecular flexibility index (Phi) is 3.65. The summed E-state index contributed by atoms with van der Waals surface area (Å²) in [7, 11) is 6.64. The van der Waals surface area contributed by atoms with Crippen molar-refractivity contribution >= 4 is 22.6 Å². The fraction of sp³-hybridized carbons (Fsp3) is 0.286. The normalized spacial score (nSPS) is 10.4. The summed E-state index contributed by atoms with van der Waals surface area (Å²) in [6.45, 7) is 0. The van der Waals surface area contributed by atoms with Gasteiger partial charge in [0.1, 0.15) is 22.6 Å². The molecule has 2 aromatic rings. The second kappa shape index (κ2) is 5.24. The molecule has 0 saturated heterocycles. The first-order valence-electron chi connectivity index (χ1n) is 5.95. The number of ether oxygens (including phenoxy) is 2. The smallest absolute Gasteiger partial charge is 0.339 e. The van der Waals surface area contributed by atoms with Crippen LogP contribution in [-0.2, 0) is 0 Å². The van der Waals surface area contributed by atoms with Crippen LogP contribution in [0.1, 0.15) is 10.4 Å². The standard InChI is InChI=1S/C14H16N2O4/c1-16(2)13-8(14(17)18)7-15-12-10(20-4)6-5-9(19-3)11(12)13/h5-7H,1-4H3,(H,17,18). The summed E-state index contributed by atoms with van der Waals surface area (Å²) in [6, 6.07) is 3.48. The molecule has 0 amide bonds. The maximum atomic E-state index is 11.4. The van der Waals surface area contributed by atoms with Crippen molar-refractivity contribution in [2.45, 2.75) is 0 Å². The summed E-state index contributed by atoms with van der Waals surface area (Å²) in [5.74, 6) is 0.0916. The Hall–Kier alpha value is -2.50. The van der Waals surface area contributed by atoms with Gasteiger partial charge in [0, 0.05) is 20.3 Å². The number of pyridine rings is 1. The van der Waals surface area contributed by atoms with Crippen molar-refractivity contribution in [2.24, 2.45) is 0 Å². The Balaban J connectivity index is 2.97. The van der Waals surface area contributed by atoms with E-state index in [4.69, 9.17) is 9.47 Å². The molecule has 6 nitrogen and oxygen atoms in total. The van der Waals surface area contributed by atoms with Crippen LogP contribution in [0.2, 0.25) is 0 Å². The molecule has 6 heteroatoms. The number of carbonyl (C=O) groups is 1. The lowest BCUT2D eigenvalue weighted by atomic mass is 10.1. The number of nitrogens with zero attached hydrogens (tertiary/aromatic N) is 2. The van der Waals surface area contributed by atoms with Crippen molar-refractivity contribution in [2.75, 3.05) is 33.2 Å². The zero-order valence-electron chi connectivity index (χ0n) is 11.8. The van der Waals surface area contributed by atoms with Crippen LogP contribution in [0, 0.1) is 0 Å². The predicted molar refractivity (Wildman–Crippen MR) is 76.1 cm³/mol. The highest BCUT2D eigenvalue weighted by Crippen LogP contribution is 2.39. The number of aromatic carboxylic acids is 1. The van der Waals surface area contributed by atoms with Gasteiger partial charge in [-0.1, -0.05) is 0 Å². The lowest BCUT2D eigenvalue weighted by Gasteiger charge is -2.20. The Labute approximate surface area is 116 Å². The van der Waals surface area contributed by atoms with Crippen LogP contribution in [0.3, 0.4) is 0 Å². The van der Waals surface area contributed by atoms with E-state index >= 15 is 0 Å². The van der Waals surface area contributed by atoms with Crippen LogP contribution in [0.15, 0.2) is 18.3 Å². The van der Waals surface area contributed by atoms with E-state index in [1.165, 1.54) is 13.3 Å². The van der Waals surface area contributed by atoms with Gasteiger partial charge in [0.05, 0.1) is 25.3 Å². The van der Waals surface area contributed by atoms with Crippen molar-refractivity contribution in [1.82, 2.24) is 4.98 Å². The summed E-state index contributed by atoms with van der Waals surface area (Å²) in [5.41, 5.74) is 1.23. The molecular formula is C14H16N2O4. The van der Waals surface area contributed by atoms with E-state index in [-0.39, 0.29) is 5.56 Å². The molecule has 20 heavy (non-hydrogen) atoms. The molecule has 0 saturated carbocycles. The summed E-state index contributed by atoms with van der Waals surface area (Å²) in [5, 5.41) is 9.95. The van der Waals surface area contributed by atoms with Gasteiger partial charge in [-0.15, -0.1) is 0 Å². The number of anilines is 1. The van der Waals surface area contributed by atoms with Crippen molar-refractivity contribution < 1.29 is 19.4 Å². The van der Waals surface area contributed by atoms with Gasteiger partial charge in [0.25, 0.3) is 0 Å². The minimum absolute atomic E-state index is 0.119. The number of methoxy groups -OCH3 is 2. The molecule has 0 aliphatic carbocycles. The van der Waals surface area contributed by atoms with Gasteiger partial charge in [0.2, 0.25) is 0 Å². The fourth-order valence-corrected chi connectivity index (χ4v) is 2.19. The predicted octanol–water partition coefficient (Wildman–Crippen LogP) is 2.02.